The third-order valence-electron chi connectivity index (χ3n) is 3.11. The van der Waals surface area contributed by atoms with Gasteiger partial charge in [-0.2, -0.15) is 12.7 Å². The molecule has 0 amide bonds. The highest BCUT2D eigenvalue weighted by Gasteiger charge is 2.28. The maximum Gasteiger partial charge on any atom is 0.303 e. The Hall–Kier alpha value is -1.11. The van der Waals surface area contributed by atoms with Crippen molar-refractivity contribution in [3.05, 3.63) is 29.8 Å². The standard InChI is InChI=1S/C12H19N3O2S/c1-11-4-3-5-12(10-11)14(2)18(16,17)15-8-6-13-7-9-15/h3-5,10,13H,6-9H2,1-2H3. The fourth-order valence-electron chi connectivity index (χ4n) is 2.01. The number of benzene rings is 1. The summed E-state index contributed by atoms with van der Waals surface area (Å²) in [7, 11) is -1.80. The average Bonchev–Trinajstić information content (AvgIpc) is 2.39. The Morgan fingerprint density at radius 3 is 2.56 bits per heavy atom. The summed E-state index contributed by atoms with van der Waals surface area (Å²) in [5.41, 5.74) is 1.75. The molecule has 18 heavy (non-hydrogen) atoms. The molecule has 1 aliphatic rings. The number of anilines is 1. The van der Waals surface area contributed by atoms with E-state index in [1.165, 1.54) is 8.61 Å². The average molecular weight is 269 g/mol. The van der Waals surface area contributed by atoms with Crippen LogP contribution in [0.5, 0.6) is 0 Å². The van der Waals surface area contributed by atoms with Crippen molar-refractivity contribution in [3.63, 3.8) is 0 Å². The maximum absolute atomic E-state index is 12.4. The van der Waals surface area contributed by atoms with E-state index in [0.29, 0.717) is 31.9 Å². The number of aryl methyl sites for hydroxylation is 1. The highest BCUT2D eigenvalue weighted by molar-refractivity contribution is 7.90. The Balaban J connectivity index is 2.23. The van der Waals surface area contributed by atoms with Crippen molar-refractivity contribution in [2.75, 3.05) is 37.5 Å². The number of nitrogens with one attached hydrogen (secondary N) is 1. The van der Waals surface area contributed by atoms with E-state index >= 15 is 0 Å². The second-order valence-corrected chi connectivity index (χ2v) is 6.42. The van der Waals surface area contributed by atoms with E-state index in [4.69, 9.17) is 0 Å². The molecule has 1 heterocycles. The van der Waals surface area contributed by atoms with E-state index in [2.05, 4.69) is 5.32 Å². The van der Waals surface area contributed by atoms with Crippen molar-refractivity contribution in [1.82, 2.24) is 9.62 Å². The molecule has 5 nitrogen and oxygen atoms in total. The van der Waals surface area contributed by atoms with Gasteiger partial charge < -0.3 is 5.32 Å². The van der Waals surface area contributed by atoms with Crippen molar-refractivity contribution in [3.8, 4) is 0 Å². The first-order chi connectivity index (χ1) is 8.51. The van der Waals surface area contributed by atoms with Gasteiger partial charge in [-0.1, -0.05) is 12.1 Å². The molecule has 1 saturated heterocycles. The van der Waals surface area contributed by atoms with Gasteiger partial charge in [-0.15, -0.1) is 0 Å². The van der Waals surface area contributed by atoms with E-state index in [1.807, 2.05) is 31.2 Å². The summed E-state index contributed by atoms with van der Waals surface area (Å²) < 4.78 is 27.7. The molecule has 0 aliphatic carbocycles. The van der Waals surface area contributed by atoms with Crippen LogP contribution < -0.4 is 9.62 Å². The summed E-state index contributed by atoms with van der Waals surface area (Å²) in [6.45, 7) is 4.42. The van der Waals surface area contributed by atoms with Crippen LogP contribution in [0.25, 0.3) is 0 Å². The summed E-state index contributed by atoms with van der Waals surface area (Å²) in [5.74, 6) is 0. The van der Waals surface area contributed by atoms with E-state index in [0.717, 1.165) is 5.56 Å². The summed E-state index contributed by atoms with van der Waals surface area (Å²) in [4.78, 5) is 0. The summed E-state index contributed by atoms with van der Waals surface area (Å²) in [6, 6.07) is 7.51. The van der Waals surface area contributed by atoms with Gasteiger partial charge in [0.1, 0.15) is 0 Å². The van der Waals surface area contributed by atoms with Crippen molar-refractivity contribution in [2.45, 2.75) is 6.92 Å². The molecular formula is C12H19N3O2S. The van der Waals surface area contributed by atoms with E-state index < -0.39 is 10.2 Å². The molecule has 0 bridgehead atoms. The first-order valence-corrected chi connectivity index (χ1v) is 7.43. The van der Waals surface area contributed by atoms with Crippen LogP contribution >= 0.6 is 0 Å². The van der Waals surface area contributed by atoms with Gasteiger partial charge in [0.15, 0.2) is 0 Å². The van der Waals surface area contributed by atoms with Gasteiger partial charge in [-0.25, -0.2) is 0 Å². The Morgan fingerprint density at radius 1 is 1.28 bits per heavy atom. The van der Waals surface area contributed by atoms with Crippen molar-refractivity contribution < 1.29 is 8.42 Å². The van der Waals surface area contributed by atoms with Crippen LogP contribution in [0.3, 0.4) is 0 Å². The zero-order valence-electron chi connectivity index (χ0n) is 10.8. The van der Waals surface area contributed by atoms with Gasteiger partial charge in [0.25, 0.3) is 0 Å². The Labute approximate surface area is 109 Å². The SMILES string of the molecule is Cc1cccc(N(C)S(=O)(=O)N2CCNCC2)c1. The maximum atomic E-state index is 12.4. The monoisotopic (exact) mass is 269 g/mol. The lowest BCUT2D eigenvalue weighted by Gasteiger charge is -2.31. The summed E-state index contributed by atoms with van der Waals surface area (Å²) in [6.07, 6.45) is 0. The van der Waals surface area contributed by atoms with Crippen molar-refractivity contribution in [2.24, 2.45) is 0 Å². The molecule has 6 heteroatoms. The van der Waals surface area contributed by atoms with E-state index in [9.17, 15) is 8.42 Å². The minimum Gasteiger partial charge on any atom is -0.314 e. The zero-order valence-corrected chi connectivity index (χ0v) is 11.6. The smallest absolute Gasteiger partial charge is 0.303 e. The van der Waals surface area contributed by atoms with Crippen LogP contribution in [0, 0.1) is 6.92 Å². The van der Waals surface area contributed by atoms with Gasteiger partial charge in [-0.05, 0) is 24.6 Å². The molecule has 1 N–H and O–H groups in total. The fraction of sp³-hybridized carbons (Fsp3) is 0.500. The Morgan fingerprint density at radius 2 is 1.94 bits per heavy atom. The predicted octanol–water partition coefficient (Wildman–Crippen LogP) is 0.581. The molecule has 0 atom stereocenters. The molecular weight excluding hydrogens is 250 g/mol. The quantitative estimate of drug-likeness (QED) is 0.873. The predicted molar refractivity (Wildman–Crippen MR) is 72.9 cm³/mol. The lowest BCUT2D eigenvalue weighted by molar-refractivity contribution is 0.359. The first-order valence-electron chi connectivity index (χ1n) is 6.03. The number of rotatable bonds is 3. The molecule has 0 spiro atoms. The van der Waals surface area contributed by atoms with Gasteiger partial charge >= 0.3 is 10.2 Å². The van der Waals surface area contributed by atoms with Gasteiger partial charge in [-0.3, -0.25) is 4.31 Å². The van der Waals surface area contributed by atoms with Crippen LogP contribution in [0.2, 0.25) is 0 Å². The third-order valence-corrected chi connectivity index (χ3v) is 5.03. The van der Waals surface area contributed by atoms with E-state index in [1.54, 1.807) is 7.05 Å². The highest BCUT2D eigenvalue weighted by Crippen LogP contribution is 2.19. The minimum absolute atomic E-state index is 0.526. The largest absolute Gasteiger partial charge is 0.314 e. The highest BCUT2D eigenvalue weighted by atomic mass is 32.2. The second-order valence-electron chi connectivity index (χ2n) is 4.46. The van der Waals surface area contributed by atoms with Crippen molar-refractivity contribution in [1.29, 1.82) is 0 Å². The molecule has 1 fully saturated rings. The van der Waals surface area contributed by atoms with Gasteiger partial charge in [0.2, 0.25) is 0 Å². The molecule has 0 unspecified atom stereocenters. The molecule has 0 radical (unpaired) electrons. The molecule has 1 aromatic carbocycles. The molecule has 100 valence electrons. The third kappa shape index (κ3) is 2.66. The molecule has 1 aromatic rings. The lowest BCUT2D eigenvalue weighted by atomic mass is 10.2. The summed E-state index contributed by atoms with van der Waals surface area (Å²) in [5, 5.41) is 3.15. The Kier molecular flexibility index (Phi) is 3.89. The number of hydrogen-bond donors (Lipinski definition) is 1. The number of nitrogens with zero attached hydrogens (tertiary/aromatic N) is 2. The van der Waals surface area contributed by atoms with Gasteiger partial charge in [0, 0.05) is 33.2 Å². The summed E-state index contributed by atoms with van der Waals surface area (Å²) >= 11 is 0. The van der Waals surface area contributed by atoms with Crippen LogP contribution in [0.15, 0.2) is 24.3 Å². The lowest BCUT2D eigenvalue weighted by Crippen LogP contribution is -2.51. The van der Waals surface area contributed by atoms with Crippen LogP contribution in [-0.4, -0.2) is 45.9 Å². The fourth-order valence-corrected chi connectivity index (χ4v) is 3.38. The second kappa shape index (κ2) is 5.26. The Bertz CT molecular complexity index is 510. The van der Waals surface area contributed by atoms with Gasteiger partial charge in [0.05, 0.1) is 5.69 Å². The van der Waals surface area contributed by atoms with Crippen molar-refractivity contribution >= 4 is 15.9 Å². The molecule has 0 aromatic heterocycles. The molecule has 0 saturated carbocycles. The number of piperazine rings is 1. The van der Waals surface area contributed by atoms with Crippen LogP contribution in [0.4, 0.5) is 5.69 Å². The van der Waals surface area contributed by atoms with E-state index in [-0.39, 0.29) is 0 Å². The number of hydrogen-bond acceptors (Lipinski definition) is 3. The topological polar surface area (TPSA) is 52.7 Å². The zero-order chi connectivity index (χ0) is 13.2. The van der Waals surface area contributed by atoms with Crippen LogP contribution in [-0.2, 0) is 10.2 Å². The van der Waals surface area contributed by atoms with Crippen LogP contribution in [0.1, 0.15) is 5.56 Å². The molecule has 1 aliphatic heterocycles. The minimum atomic E-state index is -3.41. The molecule has 2 rings (SSSR count). The normalized spacial score (nSPS) is 17.7. The first kappa shape index (κ1) is 13.3.